The number of carbonyl (C=O) groups excluding carboxylic acids is 2. The number of hydrogen-bond acceptors (Lipinski definition) is 7. The van der Waals surface area contributed by atoms with Crippen LogP contribution in [0, 0.1) is 18.8 Å². The number of pyridine rings is 2. The Hall–Kier alpha value is -3.18. The Morgan fingerprint density at radius 2 is 2.03 bits per heavy atom. The molecule has 3 aromatic rings. The summed E-state index contributed by atoms with van der Waals surface area (Å²) in [6.07, 6.45) is 0.726. The lowest BCUT2D eigenvalue weighted by atomic mass is 10.0. The van der Waals surface area contributed by atoms with Crippen LogP contribution in [0.5, 0.6) is 5.75 Å². The van der Waals surface area contributed by atoms with Crippen molar-refractivity contribution in [1.29, 1.82) is 0 Å². The van der Waals surface area contributed by atoms with E-state index in [9.17, 15) is 18.4 Å². The summed E-state index contributed by atoms with van der Waals surface area (Å²) >= 11 is 7.35. The maximum absolute atomic E-state index is 13.2. The molecule has 1 aliphatic heterocycles. The van der Waals surface area contributed by atoms with Gasteiger partial charge in [-0.25, -0.2) is 18.7 Å². The summed E-state index contributed by atoms with van der Waals surface area (Å²) in [6, 6.07) is 3.38. The van der Waals surface area contributed by atoms with E-state index >= 15 is 0 Å². The molecule has 2 aliphatic rings. The Balaban J connectivity index is 1.33. The minimum absolute atomic E-state index is 0.232. The van der Waals surface area contributed by atoms with Crippen LogP contribution in [0.25, 0.3) is 11.1 Å². The molecule has 8 nitrogen and oxygen atoms in total. The van der Waals surface area contributed by atoms with Crippen molar-refractivity contribution in [2.75, 3.05) is 12.4 Å². The minimum atomic E-state index is -2.47. The molecule has 3 aromatic heterocycles. The van der Waals surface area contributed by atoms with E-state index in [1.54, 1.807) is 17.0 Å². The summed E-state index contributed by atoms with van der Waals surface area (Å²) in [7, 11) is 1.50. The third-order valence-electron chi connectivity index (χ3n) is 6.10. The second-order valence-electron chi connectivity index (χ2n) is 8.46. The van der Waals surface area contributed by atoms with E-state index in [-0.39, 0.29) is 24.0 Å². The molecule has 5 rings (SSSR count). The van der Waals surface area contributed by atoms with Gasteiger partial charge in [0.1, 0.15) is 10.9 Å². The Morgan fingerprint density at radius 1 is 1.23 bits per heavy atom. The zero-order valence-corrected chi connectivity index (χ0v) is 20.3. The number of ether oxygens (including phenoxy) is 1. The number of amides is 2. The zero-order chi connectivity index (χ0) is 24.9. The molecule has 0 unspecified atom stereocenters. The molecule has 2 amide bonds. The van der Waals surface area contributed by atoms with Gasteiger partial charge in [-0.1, -0.05) is 22.9 Å². The molecule has 12 heteroatoms. The number of thiazole rings is 1. The summed E-state index contributed by atoms with van der Waals surface area (Å²) in [5.41, 5.74) is 2.85. The summed E-state index contributed by atoms with van der Waals surface area (Å²) in [4.78, 5) is 40.8. The van der Waals surface area contributed by atoms with Crippen LogP contribution < -0.4 is 10.1 Å². The number of nitrogens with zero attached hydrogens (tertiary/aromatic N) is 4. The fourth-order valence-electron chi connectivity index (χ4n) is 4.18. The largest absolute Gasteiger partial charge is 0.494 e. The number of fused-ring (bicyclic) bond motifs is 1. The van der Waals surface area contributed by atoms with Gasteiger partial charge < -0.3 is 9.64 Å². The highest BCUT2D eigenvalue weighted by Crippen LogP contribution is 2.45. The zero-order valence-electron chi connectivity index (χ0n) is 18.7. The van der Waals surface area contributed by atoms with Gasteiger partial charge in [-0.15, -0.1) is 0 Å². The first-order chi connectivity index (χ1) is 16.7. The number of anilines is 1. The average Bonchev–Trinajstić information content (AvgIpc) is 3.41. The molecule has 35 heavy (non-hydrogen) atoms. The second kappa shape index (κ2) is 9.12. The van der Waals surface area contributed by atoms with E-state index in [0.29, 0.717) is 45.5 Å². The molecule has 1 saturated carbocycles. The SMILES string of the molecule is COc1cnc(Cl)cc1-c1cc(C)ncc1C(=O)Nc1nc2c(s1)CN(C(=O)[C@@H]1C[C@H]1C(F)F)C2. The quantitative estimate of drug-likeness (QED) is 0.479. The molecule has 0 saturated heterocycles. The van der Waals surface area contributed by atoms with Gasteiger partial charge in [0, 0.05) is 34.9 Å². The number of methoxy groups -OCH3 is 1. The third kappa shape index (κ3) is 4.57. The standard InChI is InChI=1S/C23H20ClF2N5O3S/c1-10-3-11(12-5-19(24)28-7-17(12)34-2)15(6-27-10)21(32)30-23-29-16-8-31(9-18(16)35-23)22(33)14-4-13(14)20(25)26/h3,5-7,13-14,20H,4,8-9H2,1-2H3,(H,29,30,32)/t13-,14-/m1/s1. The molecule has 0 aromatic carbocycles. The topological polar surface area (TPSA) is 97.3 Å². The maximum Gasteiger partial charge on any atom is 0.259 e. The maximum atomic E-state index is 13.2. The molecule has 1 aliphatic carbocycles. The van der Waals surface area contributed by atoms with Gasteiger partial charge in [-0.3, -0.25) is 19.9 Å². The van der Waals surface area contributed by atoms with Crippen LogP contribution in [0.2, 0.25) is 5.15 Å². The van der Waals surface area contributed by atoms with Crippen LogP contribution in [0.4, 0.5) is 13.9 Å². The summed E-state index contributed by atoms with van der Waals surface area (Å²) < 4.78 is 31.0. The van der Waals surface area contributed by atoms with Crippen molar-refractivity contribution in [3.8, 4) is 16.9 Å². The molecule has 0 spiro atoms. The number of aromatic nitrogens is 3. The molecular formula is C23H20ClF2N5O3S. The van der Waals surface area contributed by atoms with Crippen LogP contribution in [0.1, 0.15) is 33.0 Å². The van der Waals surface area contributed by atoms with Crippen molar-refractivity contribution in [1.82, 2.24) is 19.9 Å². The number of nitrogens with one attached hydrogen (secondary N) is 1. The van der Waals surface area contributed by atoms with Crippen molar-refractivity contribution in [3.05, 3.63) is 51.5 Å². The van der Waals surface area contributed by atoms with Crippen LogP contribution in [0.15, 0.2) is 24.5 Å². The highest BCUT2D eigenvalue weighted by molar-refractivity contribution is 7.16. The van der Waals surface area contributed by atoms with Crippen molar-refractivity contribution in [2.45, 2.75) is 32.9 Å². The molecule has 0 radical (unpaired) electrons. The first-order valence-corrected chi connectivity index (χ1v) is 12.0. The van der Waals surface area contributed by atoms with Crippen molar-refractivity contribution in [2.24, 2.45) is 11.8 Å². The molecule has 0 bridgehead atoms. The van der Waals surface area contributed by atoms with Gasteiger partial charge in [0.25, 0.3) is 5.91 Å². The Bertz CT molecular complexity index is 1310. The van der Waals surface area contributed by atoms with E-state index in [4.69, 9.17) is 16.3 Å². The monoisotopic (exact) mass is 519 g/mol. The predicted octanol–water partition coefficient (Wildman–Crippen LogP) is 4.57. The van der Waals surface area contributed by atoms with Crippen molar-refractivity contribution < 1.29 is 23.1 Å². The number of halogens is 3. The van der Waals surface area contributed by atoms with Gasteiger partial charge in [0.2, 0.25) is 12.3 Å². The normalized spacial score (nSPS) is 18.5. The van der Waals surface area contributed by atoms with Gasteiger partial charge in [0.05, 0.1) is 42.5 Å². The van der Waals surface area contributed by atoms with E-state index in [1.165, 1.54) is 30.8 Å². The smallest absolute Gasteiger partial charge is 0.259 e. The first-order valence-electron chi connectivity index (χ1n) is 10.8. The van der Waals surface area contributed by atoms with Gasteiger partial charge in [0.15, 0.2) is 5.13 Å². The van der Waals surface area contributed by atoms with Crippen LogP contribution in [0.3, 0.4) is 0 Å². The number of hydrogen-bond donors (Lipinski definition) is 1. The molecular weight excluding hydrogens is 500 g/mol. The molecule has 4 heterocycles. The molecule has 1 N–H and O–H groups in total. The highest BCUT2D eigenvalue weighted by Gasteiger charge is 2.51. The van der Waals surface area contributed by atoms with Crippen LogP contribution in [-0.2, 0) is 17.9 Å². The number of carbonyl (C=O) groups is 2. The highest BCUT2D eigenvalue weighted by atomic mass is 35.5. The molecule has 182 valence electrons. The third-order valence-corrected chi connectivity index (χ3v) is 7.30. The Morgan fingerprint density at radius 3 is 2.71 bits per heavy atom. The van der Waals surface area contributed by atoms with Crippen molar-refractivity contribution in [3.63, 3.8) is 0 Å². The summed E-state index contributed by atoms with van der Waals surface area (Å²) in [6.45, 7) is 2.36. The van der Waals surface area contributed by atoms with E-state index < -0.39 is 24.2 Å². The lowest BCUT2D eigenvalue weighted by Gasteiger charge is -2.15. The van der Waals surface area contributed by atoms with Crippen LogP contribution in [-0.4, -0.2) is 45.2 Å². The van der Waals surface area contributed by atoms with Gasteiger partial charge in [-0.05, 0) is 25.5 Å². The summed E-state index contributed by atoms with van der Waals surface area (Å²) in [5, 5.41) is 3.44. The van der Waals surface area contributed by atoms with E-state index in [0.717, 1.165) is 4.88 Å². The minimum Gasteiger partial charge on any atom is -0.494 e. The fraction of sp³-hybridized carbons (Fsp3) is 0.348. The second-order valence-corrected chi connectivity index (χ2v) is 9.93. The van der Waals surface area contributed by atoms with Gasteiger partial charge >= 0.3 is 0 Å². The van der Waals surface area contributed by atoms with E-state index in [1.807, 2.05) is 6.92 Å². The fourth-order valence-corrected chi connectivity index (χ4v) is 5.32. The van der Waals surface area contributed by atoms with Crippen LogP contribution >= 0.6 is 22.9 Å². The summed E-state index contributed by atoms with van der Waals surface area (Å²) in [5.74, 6) is -1.66. The first kappa shape index (κ1) is 23.6. The average molecular weight is 520 g/mol. The van der Waals surface area contributed by atoms with E-state index in [2.05, 4.69) is 20.3 Å². The number of alkyl halides is 2. The Kier molecular flexibility index (Phi) is 6.14. The predicted molar refractivity (Wildman–Crippen MR) is 126 cm³/mol. The molecule has 1 fully saturated rings. The molecule has 2 atom stereocenters. The lowest BCUT2D eigenvalue weighted by molar-refractivity contribution is -0.134. The lowest BCUT2D eigenvalue weighted by Crippen LogP contribution is -2.28. The van der Waals surface area contributed by atoms with Gasteiger partial charge in [-0.2, -0.15) is 0 Å². The number of rotatable bonds is 6. The Labute approximate surface area is 208 Å². The number of aryl methyl sites for hydroxylation is 1. The van der Waals surface area contributed by atoms with Crippen molar-refractivity contribution >= 4 is 39.9 Å².